The zero-order chi connectivity index (χ0) is 16.3. The Morgan fingerprint density at radius 3 is 2.14 bits per heavy atom. The number of hydrogen-bond acceptors (Lipinski definition) is 4. The van der Waals surface area contributed by atoms with E-state index in [1.165, 1.54) is 14.2 Å². The van der Waals surface area contributed by atoms with Crippen LogP contribution >= 0.6 is 0 Å². The summed E-state index contributed by atoms with van der Waals surface area (Å²) in [6.45, 7) is 3.76. The third-order valence-electron chi connectivity index (χ3n) is 3.42. The number of rotatable bonds is 5. The molecule has 0 unspecified atom stereocenters. The molecule has 5 nitrogen and oxygen atoms in total. The molecule has 2 aromatic carbocycles. The van der Waals surface area contributed by atoms with Crippen LogP contribution in [0.2, 0.25) is 0 Å². The number of anilines is 1. The van der Waals surface area contributed by atoms with Crippen molar-refractivity contribution in [3.8, 4) is 11.5 Å². The number of nitrogens with one attached hydrogen (secondary N) is 1. The van der Waals surface area contributed by atoms with Gasteiger partial charge in [0.1, 0.15) is 16.4 Å². The van der Waals surface area contributed by atoms with E-state index in [1.807, 2.05) is 13.8 Å². The van der Waals surface area contributed by atoms with Crippen LogP contribution in [-0.2, 0) is 10.0 Å². The molecule has 0 aromatic heterocycles. The minimum atomic E-state index is -3.78. The summed E-state index contributed by atoms with van der Waals surface area (Å²) in [5.41, 5.74) is 2.22. The van der Waals surface area contributed by atoms with E-state index in [0.717, 1.165) is 11.1 Å². The van der Waals surface area contributed by atoms with E-state index in [2.05, 4.69) is 4.72 Å². The lowest BCUT2D eigenvalue weighted by molar-refractivity contribution is 0.402. The van der Waals surface area contributed by atoms with Gasteiger partial charge in [-0.05, 0) is 49.2 Å². The van der Waals surface area contributed by atoms with E-state index >= 15 is 0 Å². The Morgan fingerprint density at radius 1 is 0.909 bits per heavy atom. The highest BCUT2D eigenvalue weighted by Gasteiger charge is 2.22. The van der Waals surface area contributed by atoms with Gasteiger partial charge >= 0.3 is 0 Å². The zero-order valence-electron chi connectivity index (χ0n) is 13.0. The lowest BCUT2D eigenvalue weighted by Gasteiger charge is -2.15. The minimum Gasteiger partial charge on any atom is -0.495 e. The summed E-state index contributed by atoms with van der Waals surface area (Å²) in [7, 11) is -0.842. The summed E-state index contributed by atoms with van der Waals surface area (Å²) in [6.07, 6.45) is 0. The Balaban J connectivity index is 2.49. The number of para-hydroxylation sites is 2. The fourth-order valence-electron chi connectivity index (χ4n) is 2.06. The Morgan fingerprint density at radius 2 is 1.50 bits per heavy atom. The van der Waals surface area contributed by atoms with Crippen LogP contribution in [0, 0.1) is 13.8 Å². The molecule has 0 aliphatic heterocycles. The predicted octanol–water partition coefficient (Wildman–Crippen LogP) is 3.12. The Hall–Kier alpha value is -2.21. The highest BCUT2D eigenvalue weighted by atomic mass is 32.2. The van der Waals surface area contributed by atoms with E-state index in [4.69, 9.17) is 9.47 Å². The first-order valence-electron chi connectivity index (χ1n) is 6.70. The van der Waals surface area contributed by atoms with Crippen LogP contribution in [0.3, 0.4) is 0 Å². The minimum absolute atomic E-state index is 0.101. The zero-order valence-corrected chi connectivity index (χ0v) is 13.8. The first-order valence-corrected chi connectivity index (χ1v) is 8.18. The lowest BCUT2D eigenvalue weighted by Crippen LogP contribution is -2.15. The summed E-state index contributed by atoms with van der Waals surface area (Å²) in [6, 6.07) is 10.2. The number of sulfonamides is 1. The van der Waals surface area contributed by atoms with Crippen LogP contribution in [0.1, 0.15) is 11.1 Å². The van der Waals surface area contributed by atoms with E-state index < -0.39 is 10.0 Å². The maximum Gasteiger partial charge on any atom is 0.265 e. The molecule has 6 heteroatoms. The molecule has 0 amide bonds. The highest BCUT2D eigenvalue weighted by molar-refractivity contribution is 7.92. The van der Waals surface area contributed by atoms with Crippen LogP contribution < -0.4 is 14.2 Å². The Kier molecular flexibility index (Phi) is 4.61. The van der Waals surface area contributed by atoms with Gasteiger partial charge in [-0.25, -0.2) is 8.42 Å². The molecule has 0 aliphatic rings. The van der Waals surface area contributed by atoms with Crippen molar-refractivity contribution in [2.24, 2.45) is 0 Å². The van der Waals surface area contributed by atoms with Crippen LogP contribution in [0.15, 0.2) is 41.3 Å². The van der Waals surface area contributed by atoms with E-state index in [1.54, 1.807) is 36.4 Å². The Bertz CT molecular complexity index is 785. The van der Waals surface area contributed by atoms with Gasteiger partial charge in [0, 0.05) is 0 Å². The number of methoxy groups -OCH3 is 2. The van der Waals surface area contributed by atoms with Crippen molar-refractivity contribution in [2.45, 2.75) is 18.7 Å². The van der Waals surface area contributed by atoms with Gasteiger partial charge in [0.05, 0.1) is 19.9 Å². The van der Waals surface area contributed by atoms with Crippen molar-refractivity contribution < 1.29 is 17.9 Å². The Labute approximate surface area is 130 Å². The first-order chi connectivity index (χ1) is 10.4. The number of aryl methyl sites for hydroxylation is 2. The molecular weight excluding hydrogens is 302 g/mol. The molecular formula is C16H19NO4S. The number of hydrogen-bond donors (Lipinski definition) is 1. The molecule has 0 saturated carbocycles. The summed E-state index contributed by atoms with van der Waals surface area (Å²) in [4.78, 5) is 0.101. The largest absolute Gasteiger partial charge is 0.495 e. The van der Waals surface area contributed by atoms with Crippen LogP contribution in [-0.4, -0.2) is 22.6 Å². The lowest BCUT2D eigenvalue weighted by atomic mass is 10.1. The standard InChI is InChI=1S/C16H19NO4S/c1-11-9-15(21-4)16(10-12(11)2)22(18,19)17-13-7-5-6-8-14(13)20-3/h5-10,17H,1-4H3. The highest BCUT2D eigenvalue weighted by Crippen LogP contribution is 2.31. The van der Waals surface area contributed by atoms with Gasteiger partial charge in [0.25, 0.3) is 10.0 Å². The van der Waals surface area contributed by atoms with Crippen molar-refractivity contribution in [3.05, 3.63) is 47.5 Å². The summed E-state index contributed by atoms with van der Waals surface area (Å²) in [5.74, 6) is 0.763. The van der Waals surface area contributed by atoms with Gasteiger partial charge in [-0.3, -0.25) is 4.72 Å². The van der Waals surface area contributed by atoms with E-state index in [0.29, 0.717) is 17.2 Å². The molecule has 0 atom stereocenters. The molecule has 0 fully saturated rings. The second kappa shape index (κ2) is 6.27. The molecule has 0 saturated heterocycles. The van der Waals surface area contributed by atoms with Gasteiger partial charge in [0.2, 0.25) is 0 Å². The van der Waals surface area contributed by atoms with E-state index in [-0.39, 0.29) is 4.90 Å². The predicted molar refractivity (Wildman–Crippen MR) is 86.3 cm³/mol. The molecule has 0 spiro atoms. The van der Waals surface area contributed by atoms with Crippen molar-refractivity contribution in [1.29, 1.82) is 0 Å². The monoisotopic (exact) mass is 321 g/mol. The second-order valence-electron chi connectivity index (χ2n) is 4.89. The fraction of sp³-hybridized carbons (Fsp3) is 0.250. The van der Waals surface area contributed by atoms with Gasteiger partial charge in [-0.2, -0.15) is 0 Å². The molecule has 2 aromatic rings. The molecule has 118 valence electrons. The SMILES string of the molecule is COc1ccccc1NS(=O)(=O)c1cc(C)c(C)cc1OC. The van der Waals surface area contributed by atoms with Crippen molar-refractivity contribution >= 4 is 15.7 Å². The number of benzene rings is 2. The van der Waals surface area contributed by atoms with Crippen molar-refractivity contribution in [1.82, 2.24) is 0 Å². The second-order valence-corrected chi connectivity index (χ2v) is 6.54. The van der Waals surface area contributed by atoms with Crippen LogP contribution in [0.4, 0.5) is 5.69 Å². The van der Waals surface area contributed by atoms with Crippen molar-refractivity contribution in [3.63, 3.8) is 0 Å². The summed E-state index contributed by atoms with van der Waals surface area (Å²) >= 11 is 0. The maximum atomic E-state index is 12.7. The molecule has 0 heterocycles. The average Bonchev–Trinajstić information content (AvgIpc) is 2.49. The summed E-state index contributed by atoms with van der Waals surface area (Å²) in [5, 5.41) is 0. The van der Waals surface area contributed by atoms with Gasteiger partial charge in [-0.1, -0.05) is 12.1 Å². The molecule has 0 radical (unpaired) electrons. The maximum absolute atomic E-state index is 12.7. The van der Waals surface area contributed by atoms with Crippen molar-refractivity contribution in [2.75, 3.05) is 18.9 Å². The van der Waals surface area contributed by atoms with Crippen LogP contribution in [0.25, 0.3) is 0 Å². The third-order valence-corrected chi connectivity index (χ3v) is 4.81. The smallest absolute Gasteiger partial charge is 0.265 e. The molecule has 0 bridgehead atoms. The quantitative estimate of drug-likeness (QED) is 0.919. The molecule has 1 N–H and O–H groups in total. The fourth-order valence-corrected chi connectivity index (χ4v) is 3.37. The van der Waals surface area contributed by atoms with Gasteiger partial charge in [0.15, 0.2) is 0 Å². The molecule has 0 aliphatic carbocycles. The third kappa shape index (κ3) is 3.17. The van der Waals surface area contributed by atoms with Gasteiger partial charge in [-0.15, -0.1) is 0 Å². The van der Waals surface area contributed by atoms with E-state index in [9.17, 15) is 8.42 Å². The van der Waals surface area contributed by atoms with Crippen LogP contribution in [0.5, 0.6) is 11.5 Å². The topological polar surface area (TPSA) is 64.6 Å². The number of ether oxygens (including phenoxy) is 2. The average molecular weight is 321 g/mol. The molecule has 2 rings (SSSR count). The first kappa shape index (κ1) is 16.2. The van der Waals surface area contributed by atoms with Gasteiger partial charge < -0.3 is 9.47 Å². The summed E-state index contributed by atoms with van der Waals surface area (Å²) < 4.78 is 38.3. The normalized spacial score (nSPS) is 11.1. The molecule has 22 heavy (non-hydrogen) atoms.